The van der Waals surface area contributed by atoms with Crippen molar-refractivity contribution in [3.8, 4) is 0 Å². The van der Waals surface area contributed by atoms with Crippen LogP contribution < -0.4 is 5.32 Å². The van der Waals surface area contributed by atoms with Crippen LogP contribution in [0.15, 0.2) is 23.1 Å². The van der Waals surface area contributed by atoms with E-state index in [1.54, 1.807) is 11.8 Å². The lowest BCUT2D eigenvalue weighted by Gasteiger charge is -2.10. The first kappa shape index (κ1) is 16.3. The minimum Gasteiger partial charge on any atom is -0.469 e. The predicted molar refractivity (Wildman–Crippen MR) is 80.8 cm³/mol. The summed E-state index contributed by atoms with van der Waals surface area (Å²) < 4.78 is 4.60. The highest BCUT2D eigenvalue weighted by Gasteiger charge is 2.05. The quantitative estimate of drug-likeness (QED) is 0.618. The van der Waals surface area contributed by atoms with Gasteiger partial charge in [-0.1, -0.05) is 31.5 Å². The summed E-state index contributed by atoms with van der Waals surface area (Å²) in [6.45, 7) is 5.03. The Kier molecular flexibility index (Phi) is 7.28. The van der Waals surface area contributed by atoms with Gasteiger partial charge < -0.3 is 10.1 Å². The first-order valence-electron chi connectivity index (χ1n) is 6.24. The van der Waals surface area contributed by atoms with E-state index in [4.69, 9.17) is 11.6 Å². The molecular weight excluding hydrogens is 282 g/mol. The average molecular weight is 302 g/mol. The maximum absolute atomic E-state index is 11.0. The van der Waals surface area contributed by atoms with Crippen molar-refractivity contribution in [2.45, 2.75) is 37.8 Å². The fourth-order valence-electron chi connectivity index (χ4n) is 1.44. The Bertz CT molecular complexity index is 424. The Balaban J connectivity index is 2.50. The number of rotatable bonds is 7. The zero-order valence-electron chi connectivity index (χ0n) is 11.5. The van der Waals surface area contributed by atoms with Gasteiger partial charge in [-0.3, -0.25) is 4.79 Å². The van der Waals surface area contributed by atoms with E-state index >= 15 is 0 Å². The number of carbonyl (C=O) groups excluding carboxylic acids is 1. The van der Waals surface area contributed by atoms with E-state index in [-0.39, 0.29) is 5.97 Å². The highest BCUT2D eigenvalue weighted by Crippen LogP contribution is 2.28. The van der Waals surface area contributed by atoms with E-state index in [0.29, 0.717) is 18.2 Å². The average Bonchev–Trinajstić information content (AvgIpc) is 2.38. The molecule has 106 valence electrons. The van der Waals surface area contributed by atoms with Crippen LogP contribution in [0.5, 0.6) is 0 Å². The lowest BCUT2D eigenvalue weighted by molar-refractivity contribution is -0.140. The molecule has 0 unspecified atom stereocenters. The molecule has 0 radical (unpaired) electrons. The van der Waals surface area contributed by atoms with Crippen molar-refractivity contribution in [3.63, 3.8) is 0 Å². The van der Waals surface area contributed by atoms with Crippen LogP contribution in [0.3, 0.4) is 0 Å². The molecule has 19 heavy (non-hydrogen) atoms. The number of thioether (sulfide) groups is 1. The van der Waals surface area contributed by atoms with Crippen LogP contribution in [0.1, 0.15) is 25.8 Å². The SMILES string of the molecule is COC(=O)CCSc1ccc(CNC(C)C)cc1Cl. The summed E-state index contributed by atoms with van der Waals surface area (Å²) in [7, 11) is 1.40. The predicted octanol–water partition coefficient (Wildman–Crippen LogP) is 3.49. The van der Waals surface area contributed by atoms with Gasteiger partial charge in [0.25, 0.3) is 0 Å². The summed E-state index contributed by atoms with van der Waals surface area (Å²) in [5, 5.41) is 4.08. The molecule has 0 aliphatic rings. The van der Waals surface area contributed by atoms with E-state index in [0.717, 1.165) is 22.0 Å². The molecule has 1 aromatic rings. The molecule has 0 bridgehead atoms. The lowest BCUT2D eigenvalue weighted by Crippen LogP contribution is -2.21. The van der Waals surface area contributed by atoms with Gasteiger partial charge in [-0.25, -0.2) is 0 Å². The Morgan fingerprint density at radius 3 is 2.79 bits per heavy atom. The monoisotopic (exact) mass is 301 g/mol. The van der Waals surface area contributed by atoms with E-state index in [2.05, 4.69) is 30.0 Å². The van der Waals surface area contributed by atoms with Gasteiger partial charge in [-0.05, 0) is 17.7 Å². The number of halogens is 1. The van der Waals surface area contributed by atoms with Gasteiger partial charge in [0.2, 0.25) is 0 Å². The molecule has 0 saturated carbocycles. The maximum Gasteiger partial charge on any atom is 0.306 e. The number of hydrogen-bond donors (Lipinski definition) is 1. The number of benzene rings is 1. The number of ether oxygens (including phenoxy) is 1. The summed E-state index contributed by atoms with van der Waals surface area (Å²) in [6, 6.07) is 6.48. The lowest BCUT2D eigenvalue weighted by atomic mass is 10.2. The minimum atomic E-state index is -0.193. The van der Waals surface area contributed by atoms with Crippen molar-refractivity contribution in [2.75, 3.05) is 12.9 Å². The summed E-state index contributed by atoms with van der Waals surface area (Å²) in [6.07, 6.45) is 0.397. The van der Waals surface area contributed by atoms with E-state index in [1.807, 2.05) is 12.1 Å². The van der Waals surface area contributed by atoms with Crippen LogP contribution >= 0.6 is 23.4 Å². The molecule has 0 aliphatic heterocycles. The van der Waals surface area contributed by atoms with Gasteiger partial charge >= 0.3 is 5.97 Å². The summed E-state index contributed by atoms with van der Waals surface area (Å²) in [5.41, 5.74) is 1.16. The molecule has 0 amide bonds. The third-order valence-corrected chi connectivity index (χ3v) is 4.00. The Morgan fingerprint density at radius 2 is 2.21 bits per heavy atom. The van der Waals surface area contributed by atoms with Gasteiger partial charge in [-0.2, -0.15) is 0 Å². The summed E-state index contributed by atoms with van der Waals surface area (Å²) in [4.78, 5) is 12.0. The van der Waals surface area contributed by atoms with Crippen molar-refractivity contribution in [2.24, 2.45) is 0 Å². The van der Waals surface area contributed by atoms with E-state index < -0.39 is 0 Å². The normalized spacial score (nSPS) is 10.8. The second-order valence-corrected chi connectivity index (χ2v) is 6.02. The molecule has 5 heteroatoms. The van der Waals surface area contributed by atoms with Crippen LogP contribution in [0.2, 0.25) is 5.02 Å². The number of carbonyl (C=O) groups is 1. The van der Waals surface area contributed by atoms with Gasteiger partial charge in [-0.15, -0.1) is 11.8 Å². The first-order chi connectivity index (χ1) is 9.02. The van der Waals surface area contributed by atoms with Gasteiger partial charge in [0, 0.05) is 23.2 Å². The standard InChI is InChI=1S/C14H20ClNO2S/c1-10(2)16-9-11-4-5-13(12(15)8-11)19-7-6-14(17)18-3/h4-5,8,10,16H,6-7,9H2,1-3H3. The molecule has 0 saturated heterocycles. The Morgan fingerprint density at radius 1 is 1.47 bits per heavy atom. The molecule has 0 atom stereocenters. The Hall–Kier alpha value is -0.710. The fourth-order valence-corrected chi connectivity index (χ4v) is 2.66. The van der Waals surface area contributed by atoms with Crippen LogP contribution in [0.4, 0.5) is 0 Å². The highest BCUT2D eigenvalue weighted by molar-refractivity contribution is 7.99. The molecule has 0 heterocycles. The van der Waals surface area contributed by atoms with Crippen LogP contribution in [-0.2, 0) is 16.1 Å². The summed E-state index contributed by atoms with van der Waals surface area (Å²) >= 11 is 7.80. The third kappa shape index (κ3) is 6.32. The first-order valence-corrected chi connectivity index (χ1v) is 7.60. The number of hydrogen-bond acceptors (Lipinski definition) is 4. The fraction of sp³-hybridized carbons (Fsp3) is 0.500. The van der Waals surface area contributed by atoms with Crippen molar-refractivity contribution in [1.82, 2.24) is 5.32 Å². The van der Waals surface area contributed by atoms with Crippen molar-refractivity contribution < 1.29 is 9.53 Å². The molecule has 1 N–H and O–H groups in total. The summed E-state index contributed by atoms with van der Waals surface area (Å²) in [5.74, 6) is 0.483. The second-order valence-electron chi connectivity index (χ2n) is 4.47. The molecule has 0 aromatic heterocycles. The highest BCUT2D eigenvalue weighted by atomic mass is 35.5. The van der Waals surface area contributed by atoms with Crippen LogP contribution in [0.25, 0.3) is 0 Å². The number of methoxy groups -OCH3 is 1. The molecular formula is C14H20ClNO2S. The maximum atomic E-state index is 11.0. The second kappa shape index (κ2) is 8.46. The topological polar surface area (TPSA) is 38.3 Å². The van der Waals surface area contributed by atoms with E-state index in [9.17, 15) is 4.79 Å². The largest absolute Gasteiger partial charge is 0.469 e. The zero-order chi connectivity index (χ0) is 14.3. The molecule has 1 aromatic carbocycles. The molecule has 3 nitrogen and oxygen atoms in total. The molecule has 1 rings (SSSR count). The minimum absolute atomic E-state index is 0.193. The smallest absolute Gasteiger partial charge is 0.306 e. The third-order valence-electron chi connectivity index (χ3n) is 2.50. The molecule has 0 aliphatic carbocycles. The zero-order valence-corrected chi connectivity index (χ0v) is 13.1. The Labute approximate surface area is 124 Å². The van der Waals surface area contributed by atoms with Crippen molar-refractivity contribution in [3.05, 3.63) is 28.8 Å². The van der Waals surface area contributed by atoms with Gasteiger partial charge in [0.1, 0.15) is 0 Å². The number of nitrogens with one attached hydrogen (secondary N) is 1. The van der Waals surface area contributed by atoms with E-state index in [1.165, 1.54) is 7.11 Å². The number of esters is 1. The molecule has 0 fully saturated rings. The molecule has 0 spiro atoms. The van der Waals surface area contributed by atoms with Gasteiger partial charge in [0.15, 0.2) is 0 Å². The van der Waals surface area contributed by atoms with Crippen molar-refractivity contribution in [1.29, 1.82) is 0 Å². The van der Waals surface area contributed by atoms with Crippen molar-refractivity contribution >= 4 is 29.3 Å². The van der Waals surface area contributed by atoms with Crippen LogP contribution in [0, 0.1) is 0 Å². The van der Waals surface area contributed by atoms with Crippen LogP contribution in [-0.4, -0.2) is 24.9 Å². The van der Waals surface area contributed by atoms with Gasteiger partial charge in [0.05, 0.1) is 18.6 Å².